The number of nitrogens with zero attached hydrogens (tertiary/aromatic N) is 3. The van der Waals surface area contributed by atoms with E-state index in [2.05, 4.69) is 16.5 Å². The third-order valence-corrected chi connectivity index (χ3v) is 5.01. The van der Waals surface area contributed by atoms with E-state index in [1.165, 1.54) is 29.8 Å². The molecule has 2 aromatic carbocycles. The maximum atomic E-state index is 12.5. The van der Waals surface area contributed by atoms with E-state index < -0.39 is 10.8 Å². The monoisotopic (exact) mass is 466 g/mol. The summed E-state index contributed by atoms with van der Waals surface area (Å²) >= 11 is 6.02. The van der Waals surface area contributed by atoms with Gasteiger partial charge in [-0.1, -0.05) is 41.4 Å². The molecule has 0 saturated carbocycles. The Balaban J connectivity index is 1.35. The standard InChI is InChI=1S/C23H19ClN4O5/c1-15-3-2-4-16(9-15)12-27-13-17(11-25-27)26-23(29)21-8-6-19(33-21)14-32-22-10-18(28(30)31)5-7-20(22)24/h2-11,13H,12,14H2,1H3,(H,26,29). The van der Waals surface area contributed by atoms with Crippen molar-refractivity contribution in [3.63, 3.8) is 0 Å². The molecule has 33 heavy (non-hydrogen) atoms. The van der Waals surface area contributed by atoms with Crippen LogP contribution in [0.1, 0.15) is 27.4 Å². The SMILES string of the molecule is Cc1cccc(Cn2cc(NC(=O)c3ccc(COc4cc([N+](=O)[O-])ccc4Cl)o3)cn2)c1. The van der Waals surface area contributed by atoms with Crippen molar-refractivity contribution in [2.75, 3.05) is 5.32 Å². The minimum Gasteiger partial charge on any atom is -0.484 e. The van der Waals surface area contributed by atoms with Gasteiger partial charge in [-0.3, -0.25) is 19.6 Å². The van der Waals surface area contributed by atoms with Crippen LogP contribution in [0.15, 0.2) is 71.4 Å². The number of hydrogen-bond acceptors (Lipinski definition) is 6. The number of anilines is 1. The summed E-state index contributed by atoms with van der Waals surface area (Å²) in [4.78, 5) is 22.9. The van der Waals surface area contributed by atoms with Crippen LogP contribution in [-0.4, -0.2) is 20.6 Å². The lowest BCUT2D eigenvalue weighted by atomic mass is 10.1. The fraction of sp³-hybridized carbons (Fsp3) is 0.130. The number of aryl methyl sites for hydroxylation is 1. The second-order valence-corrected chi connectivity index (χ2v) is 7.70. The lowest BCUT2D eigenvalue weighted by Gasteiger charge is -2.06. The van der Waals surface area contributed by atoms with Crippen LogP contribution in [0.2, 0.25) is 5.02 Å². The van der Waals surface area contributed by atoms with Gasteiger partial charge < -0.3 is 14.5 Å². The molecule has 0 aliphatic heterocycles. The normalized spacial score (nSPS) is 10.7. The highest BCUT2D eigenvalue weighted by molar-refractivity contribution is 6.32. The quantitative estimate of drug-likeness (QED) is 0.281. The number of hydrogen-bond donors (Lipinski definition) is 1. The summed E-state index contributed by atoms with van der Waals surface area (Å²) < 4.78 is 12.8. The minimum absolute atomic E-state index is 0.0530. The van der Waals surface area contributed by atoms with Crippen LogP contribution in [0.5, 0.6) is 5.75 Å². The topological polar surface area (TPSA) is 112 Å². The molecular weight excluding hydrogens is 448 g/mol. The van der Waals surface area contributed by atoms with Gasteiger partial charge in [0.05, 0.1) is 34.4 Å². The first-order valence-electron chi connectivity index (χ1n) is 9.92. The molecule has 9 nitrogen and oxygen atoms in total. The van der Waals surface area contributed by atoms with Gasteiger partial charge in [0.15, 0.2) is 5.76 Å². The van der Waals surface area contributed by atoms with Gasteiger partial charge >= 0.3 is 0 Å². The van der Waals surface area contributed by atoms with Gasteiger partial charge in [0.25, 0.3) is 11.6 Å². The first-order chi connectivity index (χ1) is 15.9. The highest BCUT2D eigenvalue weighted by Crippen LogP contribution is 2.29. The molecule has 10 heteroatoms. The van der Waals surface area contributed by atoms with Gasteiger partial charge in [0, 0.05) is 12.3 Å². The Morgan fingerprint density at radius 2 is 2.09 bits per heavy atom. The number of nitrogens with one attached hydrogen (secondary N) is 1. The molecule has 0 unspecified atom stereocenters. The van der Waals surface area contributed by atoms with E-state index in [9.17, 15) is 14.9 Å². The molecule has 0 atom stereocenters. The van der Waals surface area contributed by atoms with E-state index in [-0.39, 0.29) is 28.8 Å². The van der Waals surface area contributed by atoms with Gasteiger partial charge in [-0.15, -0.1) is 0 Å². The molecule has 2 aromatic heterocycles. The van der Waals surface area contributed by atoms with Crippen LogP contribution in [-0.2, 0) is 13.2 Å². The van der Waals surface area contributed by atoms with Crippen molar-refractivity contribution in [2.45, 2.75) is 20.1 Å². The number of nitro groups is 1. The van der Waals surface area contributed by atoms with Gasteiger partial charge in [-0.05, 0) is 30.7 Å². The zero-order chi connectivity index (χ0) is 23.4. The average Bonchev–Trinajstić information content (AvgIpc) is 3.42. The highest BCUT2D eigenvalue weighted by atomic mass is 35.5. The molecule has 0 radical (unpaired) electrons. The maximum absolute atomic E-state index is 12.5. The number of non-ortho nitro benzene ring substituents is 1. The smallest absolute Gasteiger partial charge is 0.291 e. The molecule has 0 fully saturated rings. The molecule has 4 rings (SSSR count). The molecule has 0 spiro atoms. The summed E-state index contributed by atoms with van der Waals surface area (Å²) in [5, 5.41) is 18.2. The summed E-state index contributed by atoms with van der Waals surface area (Å²) in [6.45, 7) is 2.56. The van der Waals surface area contributed by atoms with Crippen LogP contribution >= 0.6 is 11.6 Å². The van der Waals surface area contributed by atoms with E-state index in [1.54, 1.807) is 23.1 Å². The number of halogens is 1. The predicted molar refractivity (Wildman–Crippen MR) is 122 cm³/mol. The number of carbonyl (C=O) groups is 1. The Morgan fingerprint density at radius 1 is 1.24 bits per heavy atom. The minimum atomic E-state index is -0.540. The van der Waals surface area contributed by atoms with Crippen LogP contribution in [0.4, 0.5) is 11.4 Å². The molecule has 0 bridgehead atoms. The summed E-state index contributed by atoms with van der Waals surface area (Å²) in [6.07, 6.45) is 3.29. The number of benzene rings is 2. The third kappa shape index (κ3) is 5.58. The van der Waals surface area contributed by atoms with Crippen molar-refractivity contribution in [1.82, 2.24) is 9.78 Å². The summed E-state index contributed by atoms with van der Waals surface area (Å²) in [5.41, 5.74) is 2.66. The third-order valence-electron chi connectivity index (χ3n) is 4.70. The van der Waals surface area contributed by atoms with Crippen molar-refractivity contribution in [3.8, 4) is 5.75 Å². The van der Waals surface area contributed by atoms with Gasteiger partial charge in [-0.2, -0.15) is 5.10 Å². The van der Waals surface area contributed by atoms with Gasteiger partial charge in [0.2, 0.25) is 0 Å². The van der Waals surface area contributed by atoms with E-state index >= 15 is 0 Å². The van der Waals surface area contributed by atoms with Gasteiger partial charge in [-0.25, -0.2) is 0 Å². The fourth-order valence-corrected chi connectivity index (χ4v) is 3.32. The maximum Gasteiger partial charge on any atom is 0.291 e. The van der Waals surface area contributed by atoms with Crippen LogP contribution in [0, 0.1) is 17.0 Å². The molecular formula is C23H19ClN4O5. The Morgan fingerprint density at radius 3 is 2.88 bits per heavy atom. The predicted octanol–water partition coefficient (Wildman–Crippen LogP) is 5.23. The van der Waals surface area contributed by atoms with Crippen molar-refractivity contribution >= 4 is 28.9 Å². The molecule has 1 amide bonds. The second kappa shape index (κ2) is 9.58. The Kier molecular flexibility index (Phi) is 6.41. The lowest BCUT2D eigenvalue weighted by Crippen LogP contribution is -2.10. The summed E-state index contributed by atoms with van der Waals surface area (Å²) in [5.74, 6) is 0.155. The van der Waals surface area contributed by atoms with E-state index in [0.717, 1.165) is 5.56 Å². The van der Waals surface area contributed by atoms with Crippen molar-refractivity contribution in [1.29, 1.82) is 0 Å². The van der Waals surface area contributed by atoms with Crippen LogP contribution in [0.25, 0.3) is 0 Å². The molecule has 0 aliphatic rings. The number of rotatable bonds is 8. The van der Waals surface area contributed by atoms with Crippen LogP contribution < -0.4 is 10.1 Å². The Hall–Kier alpha value is -4.11. The number of furan rings is 1. The Bertz CT molecular complexity index is 1310. The molecule has 2 heterocycles. The first kappa shape index (κ1) is 22.1. The number of carbonyl (C=O) groups excluding carboxylic acids is 1. The zero-order valence-corrected chi connectivity index (χ0v) is 18.3. The summed E-state index contributed by atoms with van der Waals surface area (Å²) in [7, 11) is 0. The van der Waals surface area contributed by atoms with E-state index in [0.29, 0.717) is 18.0 Å². The Labute approximate surface area is 193 Å². The second-order valence-electron chi connectivity index (χ2n) is 7.30. The number of amides is 1. The van der Waals surface area contributed by atoms with Crippen molar-refractivity contribution in [2.24, 2.45) is 0 Å². The number of aromatic nitrogens is 2. The molecule has 1 N–H and O–H groups in total. The van der Waals surface area contributed by atoms with E-state index in [4.69, 9.17) is 20.8 Å². The molecule has 0 saturated heterocycles. The number of nitro benzene ring substituents is 1. The number of ether oxygens (including phenoxy) is 1. The average molecular weight is 467 g/mol. The first-order valence-corrected chi connectivity index (χ1v) is 10.3. The molecule has 4 aromatic rings. The van der Waals surface area contributed by atoms with E-state index in [1.807, 2.05) is 25.1 Å². The largest absolute Gasteiger partial charge is 0.484 e. The van der Waals surface area contributed by atoms with Crippen molar-refractivity contribution in [3.05, 3.63) is 105 Å². The van der Waals surface area contributed by atoms with Crippen LogP contribution in [0.3, 0.4) is 0 Å². The highest BCUT2D eigenvalue weighted by Gasteiger charge is 2.15. The lowest BCUT2D eigenvalue weighted by molar-refractivity contribution is -0.384. The fourth-order valence-electron chi connectivity index (χ4n) is 3.15. The molecule has 168 valence electrons. The zero-order valence-electron chi connectivity index (χ0n) is 17.5. The molecule has 0 aliphatic carbocycles. The van der Waals surface area contributed by atoms with Crippen molar-refractivity contribution < 1.29 is 18.9 Å². The summed E-state index contributed by atoms with van der Waals surface area (Å²) in [6, 6.07) is 15.1. The van der Waals surface area contributed by atoms with Gasteiger partial charge in [0.1, 0.15) is 18.1 Å².